The molecule has 3 nitrogen and oxygen atoms in total. The minimum Gasteiger partial charge on any atom is -0.339 e. The molecule has 0 spiro atoms. The van der Waals surface area contributed by atoms with Crippen LogP contribution in [-0.4, -0.2) is 9.97 Å². The van der Waals surface area contributed by atoms with Crippen molar-refractivity contribution in [1.82, 2.24) is 9.97 Å². The number of anilines is 2. The number of hydrogen-bond acceptors (Lipinski definition) is 3. The summed E-state index contributed by atoms with van der Waals surface area (Å²) in [5.41, 5.74) is 2.38. The van der Waals surface area contributed by atoms with Crippen LogP contribution in [-0.2, 0) is 0 Å². The number of rotatable bonds is 2. The fourth-order valence-electron chi connectivity index (χ4n) is 1.34. The lowest BCUT2D eigenvalue weighted by atomic mass is 10.3. The standard InChI is InChI=1S/C12H12FN3/c1-8-5-10(7-14-6-8)15-11-4-3-9(2)12(13)16-11/h3-7H,1-2H3,(H,15,16). The number of aryl methyl sites for hydroxylation is 2. The summed E-state index contributed by atoms with van der Waals surface area (Å²) in [6.07, 6.45) is 3.43. The van der Waals surface area contributed by atoms with Gasteiger partial charge in [0.2, 0.25) is 5.95 Å². The SMILES string of the molecule is Cc1cncc(Nc2ccc(C)c(F)n2)c1. The van der Waals surface area contributed by atoms with Crippen LogP contribution in [0.2, 0.25) is 0 Å². The van der Waals surface area contributed by atoms with E-state index in [0.29, 0.717) is 11.4 Å². The predicted octanol–water partition coefficient (Wildman–Crippen LogP) is 2.98. The van der Waals surface area contributed by atoms with E-state index < -0.39 is 5.95 Å². The summed E-state index contributed by atoms with van der Waals surface area (Å²) >= 11 is 0. The molecule has 4 heteroatoms. The molecule has 0 aliphatic heterocycles. The number of aromatic nitrogens is 2. The molecular formula is C12H12FN3. The molecule has 0 unspecified atom stereocenters. The lowest BCUT2D eigenvalue weighted by Gasteiger charge is -2.06. The fourth-order valence-corrected chi connectivity index (χ4v) is 1.34. The van der Waals surface area contributed by atoms with Gasteiger partial charge in [0, 0.05) is 11.8 Å². The van der Waals surface area contributed by atoms with Gasteiger partial charge in [-0.05, 0) is 31.5 Å². The van der Waals surface area contributed by atoms with Gasteiger partial charge < -0.3 is 5.32 Å². The minimum absolute atomic E-state index is 0.453. The maximum Gasteiger partial charge on any atom is 0.217 e. The zero-order valence-corrected chi connectivity index (χ0v) is 9.16. The lowest BCUT2D eigenvalue weighted by Crippen LogP contribution is -1.97. The smallest absolute Gasteiger partial charge is 0.217 e. The second-order valence-electron chi connectivity index (χ2n) is 3.68. The van der Waals surface area contributed by atoms with E-state index in [9.17, 15) is 4.39 Å². The van der Waals surface area contributed by atoms with Crippen LogP contribution in [0.1, 0.15) is 11.1 Å². The van der Waals surface area contributed by atoms with Gasteiger partial charge in [0.25, 0.3) is 0 Å². The van der Waals surface area contributed by atoms with Gasteiger partial charge in [0.1, 0.15) is 5.82 Å². The Morgan fingerprint density at radius 2 is 2.00 bits per heavy atom. The molecule has 0 amide bonds. The van der Waals surface area contributed by atoms with E-state index in [1.807, 2.05) is 13.0 Å². The number of nitrogens with one attached hydrogen (secondary N) is 1. The second-order valence-corrected chi connectivity index (χ2v) is 3.68. The first-order valence-electron chi connectivity index (χ1n) is 4.97. The highest BCUT2D eigenvalue weighted by molar-refractivity contribution is 5.55. The van der Waals surface area contributed by atoms with Crippen molar-refractivity contribution in [2.75, 3.05) is 5.32 Å². The Bertz CT molecular complexity index is 511. The first-order valence-corrected chi connectivity index (χ1v) is 4.97. The van der Waals surface area contributed by atoms with Crippen molar-refractivity contribution in [3.05, 3.63) is 47.7 Å². The highest BCUT2D eigenvalue weighted by atomic mass is 19.1. The highest BCUT2D eigenvalue weighted by Crippen LogP contribution is 2.15. The molecule has 0 atom stereocenters. The van der Waals surface area contributed by atoms with E-state index in [0.717, 1.165) is 11.3 Å². The molecule has 0 aromatic carbocycles. The van der Waals surface area contributed by atoms with Crippen molar-refractivity contribution in [1.29, 1.82) is 0 Å². The zero-order chi connectivity index (χ0) is 11.5. The van der Waals surface area contributed by atoms with E-state index >= 15 is 0 Å². The van der Waals surface area contributed by atoms with Crippen LogP contribution in [0.4, 0.5) is 15.9 Å². The molecule has 0 saturated heterocycles. The fraction of sp³-hybridized carbons (Fsp3) is 0.167. The van der Waals surface area contributed by atoms with Crippen LogP contribution < -0.4 is 5.32 Å². The number of pyridine rings is 2. The third-order valence-electron chi connectivity index (χ3n) is 2.18. The number of nitrogens with zero attached hydrogens (tertiary/aromatic N) is 2. The van der Waals surface area contributed by atoms with Crippen molar-refractivity contribution in [3.63, 3.8) is 0 Å². The Morgan fingerprint density at radius 1 is 1.19 bits per heavy atom. The van der Waals surface area contributed by atoms with Crippen LogP contribution in [0.25, 0.3) is 0 Å². The van der Waals surface area contributed by atoms with Crippen LogP contribution in [0.5, 0.6) is 0 Å². The summed E-state index contributed by atoms with van der Waals surface area (Å²) in [6, 6.07) is 5.35. The molecule has 0 fully saturated rings. The van der Waals surface area contributed by atoms with Crippen LogP contribution in [0.3, 0.4) is 0 Å². The number of halogens is 1. The molecule has 2 aromatic rings. The largest absolute Gasteiger partial charge is 0.339 e. The Hall–Kier alpha value is -1.97. The van der Waals surface area contributed by atoms with Gasteiger partial charge in [0.05, 0.1) is 11.9 Å². The van der Waals surface area contributed by atoms with Gasteiger partial charge in [-0.15, -0.1) is 0 Å². The third-order valence-corrected chi connectivity index (χ3v) is 2.18. The van der Waals surface area contributed by atoms with Gasteiger partial charge >= 0.3 is 0 Å². The summed E-state index contributed by atoms with van der Waals surface area (Å²) < 4.78 is 13.2. The first kappa shape index (κ1) is 10.5. The van der Waals surface area contributed by atoms with Crippen molar-refractivity contribution in [3.8, 4) is 0 Å². The van der Waals surface area contributed by atoms with Crippen molar-refractivity contribution >= 4 is 11.5 Å². The molecule has 0 radical (unpaired) electrons. The summed E-state index contributed by atoms with van der Waals surface area (Å²) in [5.74, 6) is 0.0288. The molecule has 0 aliphatic carbocycles. The third kappa shape index (κ3) is 2.34. The maximum absolute atomic E-state index is 13.2. The van der Waals surface area contributed by atoms with Gasteiger partial charge in [-0.25, -0.2) is 4.98 Å². The van der Waals surface area contributed by atoms with Crippen LogP contribution in [0, 0.1) is 19.8 Å². The van der Waals surface area contributed by atoms with Crippen LogP contribution in [0.15, 0.2) is 30.6 Å². The van der Waals surface area contributed by atoms with E-state index in [4.69, 9.17) is 0 Å². The molecule has 0 bridgehead atoms. The molecule has 0 aliphatic rings. The van der Waals surface area contributed by atoms with Crippen molar-refractivity contribution in [2.24, 2.45) is 0 Å². The van der Waals surface area contributed by atoms with Gasteiger partial charge in [0.15, 0.2) is 0 Å². The summed E-state index contributed by atoms with van der Waals surface area (Å²) in [4.78, 5) is 7.83. The Balaban J connectivity index is 2.24. The Morgan fingerprint density at radius 3 is 2.69 bits per heavy atom. The Labute approximate surface area is 93.4 Å². The monoisotopic (exact) mass is 217 g/mol. The summed E-state index contributed by atoms with van der Waals surface area (Å²) in [5, 5.41) is 3.00. The molecule has 16 heavy (non-hydrogen) atoms. The maximum atomic E-state index is 13.2. The van der Waals surface area contributed by atoms with Gasteiger partial charge in [-0.3, -0.25) is 4.98 Å². The summed E-state index contributed by atoms with van der Waals surface area (Å²) in [7, 11) is 0. The molecule has 0 saturated carbocycles. The van der Waals surface area contributed by atoms with E-state index in [1.54, 1.807) is 31.5 Å². The van der Waals surface area contributed by atoms with Crippen LogP contribution >= 0.6 is 0 Å². The van der Waals surface area contributed by atoms with Crippen molar-refractivity contribution < 1.29 is 4.39 Å². The highest BCUT2D eigenvalue weighted by Gasteiger charge is 2.01. The van der Waals surface area contributed by atoms with E-state index in [-0.39, 0.29) is 0 Å². The average Bonchev–Trinajstić information content (AvgIpc) is 2.24. The van der Waals surface area contributed by atoms with Crippen molar-refractivity contribution in [2.45, 2.75) is 13.8 Å². The van der Waals surface area contributed by atoms with E-state index in [1.165, 1.54) is 0 Å². The molecule has 2 rings (SSSR count). The first-order chi connectivity index (χ1) is 7.65. The second kappa shape index (κ2) is 4.26. The van der Waals surface area contributed by atoms with Gasteiger partial charge in [-0.2, -0.15) is 4.39 Å². The normalized spacial score (nSPS) is 10.2. The van der Waals surface area contributed by atoms with Gasteiger partial charge in [-0.1, -0.05) is 6.07 Å². The zero-order valence-electron chi connectivity index (χ0n) is 9.16. The predicted molar refractivity (Wildman–Crippen MR) is 61.2 cm³/mol. The molecule has 2 aromatic heterocycles. The average molecular weight is 217 g/mol. The molecule has 1 N–H and O–H groups in total. The molecule has 2 heterocycles. The Kier molecular flexibility index (Phi) is 2.81. The molecular weight excluding hydrogens is 205 g/mol. The van der Waals surface area contributed by atoms with E-state index in [2.05, 4.69) is 15.3 Å². The number of hydrogen-bond donors (Lipinski definition) is 1. The summed E-state index contributed by atoms with van der Waals surface area (Å²) in [6.45, 7) is 3.63. The lowest BCUT2D eigenvalue weighted by molar-refractivity contribution is 0.576. The molecule has 82 valence electrons. The minimum atomic E-state index is -0.453. The quantitative estimate of drug-likeness (QED) is 0.786. The topological polar surface area (TPSA) is 37.8 Å².